The quantitative estimate of drug-likeness (QED) is 0.778. The number of rotatable bonds is 3. The molecule has 0 bridgehead atoms. The Bertz CT molecular complexity index is 586. The van der Waals surface area contributed by atoms with Crippen LogP contribution in [-0.2, 0) is 0 Å². The second-order valence-corrected chi connectivity index (χ2v) is 14.6. The highest BCUT2D eigenvalue weighted by Crippen LogP contribution is 2.47. The van der Waals surface area contributed by atoms with Gasteiger partial charge in [0.05, 0.1) is 9.52 Å². The molecule has 0 amide bonds. The van der Waals surface area contributed by atoms with Crippen molar-refractivity contribution < 1.29 is 0 Å². The van der Waals surface area contributed by atoms with Gasteiger partial charge in [0.25, 0.3) is 0 Å². The van der Waals surface area contributed by atoms with E-state index in [1.807, 2.05) is 0 Å². The molecule has 0 spiro atoms. The zero-order chi connectivity index (χ0) is 14.2. The van der Waals surface area contributed by atoms with Crippen molar-refractivity contribution >= 4 is 28.1 Å². The summed E-state index contributed by atoms with van der Waals surface area (Å²) >= 11 is 0. The predicted octanol–water partition coefficient (Wildman–Crippen LogP) is 1.63. The monoisotopic (exact) mass is 297 g/mol. The number of nitrogens with zero attached hydrogens (tertiary/aromatic N) is 1. The van der Waals surface area contributed by atoms with E-state index in [4.69, 9.17) is 0 Å². The summed E-state index contributed by atoms with van der Waals surface area (Å²) in [7, 11) is 0.546. The van der Waals surface area contributed by atoms with Crippen molar-refractivity contribution in [2.24, 2.45) is 0 Å². The van der Waals surface area contributed by atoms with Gasteiger partial charge in [-0.1, -0.05) is 79.3 Å². The second kappa shape index (κ2) is 4.99. The maximum Gasteiger partial charge on any atom is 0.161 e. The summed E-state index contributed by atoms with van der Waals surface area (Å²) < 4.78 is 3.21. The van der Waals surface area contributed by atoms with Gasteiger partial charge < -0.3 is 4.57 Å². The van der Waals surface area contributed by atoms with Gasteiger partial charge in [0.2, 0.25) is 0 Å². The second-order valence-electron chi connectivity index (χ2n) is 6.52. The van der Waals surface area contributed by atoms with E-state index in [9.17, 15) is 0 Å². The van der Waals surface area contributed by atoms with E-state index in [0.717, 1.165) is 0 Å². The maximum absolute atomic E-state index is 2.65. The number of benzene rings is 2. The molecule has 1 fully saturated rings. The number of hydrogen-bond acceptors (Lipinski definition) is 1. The molecule has 2 unspecified atom stereocenters. The third-order valence-corrected chi connectivity index (χ3v) is 15.4. The molecule has 1 aliphatic heterocycles. The Kier molecular flexibility index (Phi) is 3.44. The van der Waals surface area contributed by atoms with Gasteiger partial charge in [-0.25, -0.2) is 0 Å². The van der Waals surface area contributed by atoms with Crippen LogP contribution in [0.4, 0.5) is 0 Å². The Morgan fingerprint density at radius 3 is 2.10 bits per heavy atom. The van der Waals surface area contributed by atoms with Gasteiger partial charge in [-0.3, -0.25) is 0 Å². The first-order chi connectivity index (χ1) is 9.56. The molecular formula is C17H23NSi2. The minimum absolute atomic E-state index is 0.256. The molecule has 1 aliphatic rings. The Morgan fingerprint density at radius 2 is 1.55 bits per heavy atom. The summed E-state index contributed by atoms with van der Waals surface area (Å²) in [5.41, 5.74) is 0. The summed E-state index contributed by atoms with van der Waals surface area (Å²) in [6, 6.07) is 22.4. The summed E-state index contributed by atoms with van der Waals surface area (Å²) in [5, 5.41) is 3.21. The van der Waals surface area contributed by atoms with E-state index in [2.05, 4.69) is 85.7 Å². The lowest BCUT2D eigenvalue weighted by Crippen LogP contribution is -2.79. The topological polar surface area (TPSA) is 3.24 Å². The summed E-state index contributed by atoms with van der Waals surface area (Å²) in [5.74, 6) is 0. The van der Waals surface area contributed by atoms with E-state index >= 15 is 0 Å². The highest BCUT2D eigenvalue weighted by Gasteiger charge is 2.59. The van der Waals surface area contributed by atoms with Crippen molar-refractivity contribution in [3.05, 3.63) is 60.7 Å². The van der Waals surface area contributed by atoms with Gasteiger partial charge in [0, 0.05) is 0 Å². The lowest BCUT2D eigenvalue weighted by atomic mass is 10.4. The first kappa shape index (κ1) is 13.8. The fraction of sp³-hybridized carbons (Fsp3) is 0.294. The normalized spacial score (nSPS) is 30.6. The van der Waals surface area contributed by atoms with Crippen LogP contribution >= 0.6 is 0 Å². The van der Waals surface area contributed by atoms with Crippen molar-refractivity contribution in [3.63, 3.8) is 0 Å². The summed E-state index contributed by atoms with van der Waals surface area (Å²) in [6.07, 6.45) is 0. The standard InChI is InChI=1S/C17H23NSi2/c1-17(19-15-10-6-4-7-11-15)14-18(2)20(17,3)16-12-8-5-9-13-16/h4-13H,14,19H2,1-3H3. The molecule has 0 N–H and O–H groups in total. The molecule has 0 saturated carbocycles. The van der Waals surface area contributed by atoms with Crippen molar-refractivity contribution in [1.29, 1.82) is 0 Å². The van der Waals surface area contributed by atoms with Gasteiger partial charge in [-0.2, -0.15) is 0 Å². The van der Waals surface area contributed by atoms with Crippen LogP contribution in [0.3, 0.4) is 0 Å². The zero-order valence-electron chi connectivity index (χ0n) is 12.6. The van der Waals surface area contributed by atoms with Gasteiger partial charge >= 0.3 is 0 Å². The lowest BCUT2D eigenvalue weighted by Gasteiger charge is -2.62. The van der Waals surface area contributed by atoms with E-state index in [1.165, 1.54) is 6.54 Å². The van der Waals surface area contributed by atoms with Crippen LogP contribution in [0.2, 0.25) is 11.2 Å². The minimum Gasteiger partial charge on any atom is -0.323 e. The predicted molar refractivity (Wildman–Crippen MR) is 93.3 cm³/mol. The van der Waals surface area contributed by atoms with Crippen LogP contribution in [0.1, 0.15) is 6.92 Å². The van der Waals surface area contributed by atoms with Crippen molar-refractivity contribution in [3.8, 4) is 0 Å². The zero-order valence-corrected chi connectivity index (χ0v) is 15.0. The molecule has 0 aliphatic carbocycles. The SMILES string of the molecule is CN1CC(C)([SiH2]c2ccccc2)[Si]1(C)c1ccccc1. The molecular weight excluding hydrogens is 274 g/mol. The van der Waals surface area contributed by atoms with E-state index in [-0.39, 0.29) is 9.52 Å². The third-order valence-electron chi connectivity index (χ3n) is 5.30. The molecule has 3 heteroatoms. The van der Waals surface area contributed by atoms with Crippen molar-refractivity contribution in [2.75, 3.05) is 13.6 Å². The molecule has 0 aromatic heterocycles. The molecule has 2 aromatic carbocycles. The average Bonchev–Trinajstić information content (AvgIpc) is 2.48. The van der Waals surface area contributed by atoms with Crippen LogP contribution < -0.4 is 10.4 Å². The maximum atomic E-state index is 2.65. The van der Waals surface area contributed by atoms with Crippen LogP contribution in [0.15, 0.2) is 60.7 Å². The first-order valence-electron chi connectivity index (χ1n) is 7.37. The minimum atomic E-state index is -1.52. The average molecular weight is 298 g/mol. The molecule has 1 nitrogen and oxygen atoms in total. The lowest BCUT2D eigenvalue weighted by molar-refractivity contribution is 0.380. The molecule has 2 atom stereocenters. The summed E-state index contributed by atoms with van der Waals surface area (Å²) in [6.45, 7) is 6.37. The Labute approximate surface area is 125 Å². The number of hydrogen-bond donors (Lipinski definition) is 0. The van der Waals surface area contributed by atoms with E-state index < -0.39 is 8.24 Å². The molecule has 3 rings (SSSR count). The fourth-order valence-electron chi connectivity index (χ4n) is 3.81. The van der Waals surface area contributed by atoms with Crippen LogP contribution in [-0.4, -0.2) is 35.9 Å². The smallest absolute Gasteiger partial charge is 0.161 e. The fourth-order valence-corrected chi connectivity index (χ4v) is 13.2. The van der Waals surface area contributed by atoms with Crippen LogP contribution in [0.25, 0.3) is 0 Å². The Morgan fingerprint density at radius 1 is 1.00 bits per heavy atom. The molecule has 0 radical (unpaired) electrons. The van der Waals surface area contributed by atoms with Gasteiger partial charge in [0.1, 0.15) is 0 Å². The van der Waals surface area contributed by atoms with E-state index in [0.29, 0.717) is 4.66 Å². The summed E-state index contributed by atoms with van der Waals surface area (Å²) in [4.78, 5) is 0. The van der Waals surface area contributed by atoms with Gasteiger partial charge in [0.15, 0.2) is 8.24 Å². The Hall–Kier alpha value is -1.17. The third kappa shape index (κ3) is 2.01. The molecule has 1 saturated heterocycles. The van der Waals surface area contributed by atoms with Gasteiger partial charge in [-0.15, -0.1) is 0 Å². The highest BCUT2D eigenvalue weighted by molar-refractivity contribution is 7.00. The largest absolute Gasteiger partial charge is 0.323 e. The highest BCUT2D eigenvalue weighted by atomic mass is 28.4. The van der Waals surface area contributed by atoms with Crippen LogP contribution in [0, 0.1) is 0 Å². The Balaban J connectivity index is 1.94. The van der Waals surface area contributed by atoms with E-state index in [1.54, 1.807) is 10.4 Å². The molecule has 104 valence electrons. The molecule has 20 heavy (non-hydrogen) atoms. The molecule has 1 heterocycles. The van der Waals surface area contributed by atoms with Crippen molar-refractivity contribution in [1.82, 2.24) is 4.57 Å². The van der Waals surface area contributed by atoms with Gasteiger partial charge in [-0.05, 0) is 23.4 Å². The molecule has 2 aromatic rings. The first-order valence-corrected chi connectivity index (χ1v) is 11.2. The van der Waals surface area contributed by atoms with Crippen LogP contribution in [0.5, 0.6) is 0 Å². The van der Waals surface area contributed by atoms with Crippen molar-refractivity contribution in [2.45, 2.75) is 18.1 Å².